The highest BCUT2D eigenvalue weighted by atomic mass is 32.1. The molecule has 0 radical (unpaired) electrons. The lowest BCUT2D eigenvalue weighted by atomic mass is 10.0. The van der Waals surface area contributed by atoms with E-state index in [1.165, 1.54) is 5.56 Å². The van der Waals surface area contributed by atoms with E-state index in [4.69, 9.17) is 4.84 Å². The monoisotopic (exact) mass is 316 g/mol. The van der Waals surface area contributed by atoms with Crippen molar-refractivity contribution in [2.24, 2.45) is 5.16 Å². The number of hydrogen-bond donors (Lipinski definition) is 1. The van der Waals surface area contributed by atoms with Gasteiger partial charge in [-0.3, -0.25) is 4.79 Å². The Hall–Kier alpha value is -2.14. The van der Waals surface area contributed by atoms with E-state index in [1.54, 1.807) is 17.6 Å². The molecule has 2 aromatic rings. The molecule has 0 aliphatic heterocycles. The quantitative estimate of drug-likeness (QED) is 0.627. The fraction of sp³-hybridized carbons (Fsp3) is 0.294. The minimum atomic E-state index is -0.180. The average molecular weight is 316 g/mol. The van der Waals surface area contributed by atoms with Crippen LogP contribution in [0.15, 0.2) is 46.9 Å². The van der Waals surface area contributed by atoms with Crippen LogP contribution >= 0.6 is 11.3 Å². The van der Waals surface area contributed by atoms with Crippen LogP contribution in [0.4, 0.5) is 0 Å². The smallest absolute Gasteiger partial charge is 0.261 e. The second-order valence-electron chi connectivity index (χ2n) is 5.19. The van der Waals surface area contributed by atoms with Crippen LogP contribution in [0.3, 0.4) is 0 Å². The van der Waals surface area contributed by atoms with Crippen LogP contribution in [-0.4, -0.2) is 18.7 Å². The Morgan fingerprint density at radius 3 is 2.73 bits per heavy atom. The van der Waals surface area contributed by atoms with E-state index in [2.05, 4.69) is 36.5 Å². The summed E-state index contributed by atoms with van der Waals surface area (Å²) in [7, 11) is 0. The maximum atomic E-state index is 11.6. The molecule has 1 N–H and O–H groups in total. The number of carbonyl (C=O) groups excluding carboxylic acids is 1. The van der Waals surface area contributed by atoms with Gasteiger partial charge >= 0.3 is 0 Å². The third-order valence-corrected chi connectivity index (χ3v) is 3.99. The Balaban J connectivity index is 1.69. The molecule has 2 rings (SSSR count). The van der Waals surface area contributed by atoms with Crippen molar-refractivity contribution in [2.45, 2.75) is 26.3 Å². The Bertz CT molecular complexity index is 604. The van der Waals surface area contributed by atoms with Crippen molar-refractivity contribution in [1.29, 1.82) is 0 Å². The van der Waals surface area contributed by atoms with Gasteiger partial charge in [-0.15, -0.1) is 11.3 Å². The number of thiophene rings is 1. The maximum Gasteiger partial charge on any atom is 0.261 e. The van der Waals surface area contributed by atoms with E-state index >= 15 is 0 Å². The number of amides is 1. The fourth-order valence-electron chi connectivity index (χ4n) is 1.81. The molecule has 0 aliphatic rings. The Morgan fingerprint density at radius 1 is 1.32 bits per heavy atom. The van der Waals surface area contributed by atoms with Crippen LogP contribution in [0.5, 0.6) is 0 Å². The first-order valence-electron chi connectivity index (χ1n) is 7.19. The number of rotatable bonds is 7. The zero-order valence-electron chi connectivity index (χ0n) is 12.8. The number of oxime groups is 1. The van der Waals surface area contributed by atoms with Gasteiger partial charge in [0.1, 0.15) is 0 Å². The van der Waals surface area contributed by atoms with E-state index in [-0.39, 0.29) is 12.5 Å². The molecule has 1 aromatic carbocycles. The number of hydrogen-bond acceptors (Lipinski definition) is 4. The van der Waals surface area contributed by atoms with Crippen LogP contribution < -0.4 is 5.32 Å². The summed E-state index contributed by atoms with van der Waals surface area (Å²) in [4.78, 5) is 17.7. The van der Waals surface area contributed by atoms with E-state index in [0.29, 0.717) is 12.5 Å². The van der Waals surface area contributed by atoms with E-state index in [1.807, 2.05) is 29.6 Å². The minimum absolute atomic E-state index is 0.0774. The number of nitrogens with one attached hydrogen (secondary N) is 1. The lowest BCUT2D eigenvalue weighted by Gasteiger charge is -2.04. The molecule has 1 heterocycles. The average Bonchev–Trinajstić information content (AvgIpc) is 3.03. The van der Waals surface area contributed by atoms with E-state index in [9.17, 15) is 4.79 Å². The van der Waals surface area contributed by atoms with Crippen molar-refractivity contribution in [3.05, 3.63) is 57.8 Å². The Kier molecular flexibility index (Phi) is 6.15. The molecule has 0 aliphatic carbocycles. The van der Waals surface area contributed by atoms with Crippen molar-refractivity contribution in [2.75, 3.05) is 6.61 Å². The predicted octanol–water partition coefficient (Wildman–Crippen LogP) is 3.54. The largest absolute Gasteiger partial charge is 0.386 e. The maximum absolute atomic E-state index is 11.6. The first-order valence-corrected chi connectivity index (χ1v) is 8.07. The van der Waals surface area contributed by atoms with Gasteiger partial charge in [-0.2, -0.15) is 0 Å². The van der Waals surface area contributed by atoms with Crippen LogP contribution in [0, 0.1) is 0 Å². The minimum Gasteiger partial charge on any atom is -0.386 e. The zero-order chi connectivity index (χ0) is 15.8. The zero-order valence-corrected chi connectivity index (χ0v) is 13.6. The molecule has 116 valence electrons. The highest BCUT2D eigenvalue weighted by Gasteiger charge is 2.02. The van der Waals surface area contributed by atoms with E-state index < -0.39 is 0 Å². The van der Waals surface area contributed by atoms with Gasteiger partial charge in [-0.25, -0.2) is 0 Å². The second-order valence-corrected chi connectivity index (χ2v) is 6.22. The molecule has 5 heteroatoms. The number of benzene rings is 1. The van der Waals surface area contributed by atoms with Crippen LogP contribution in [0.2, 0.25) is 0 Å². The molecule has 22 heavy (non-hydrogen) atoms. The third kappa shape index (κ3) is 5.33. The molecule has 4 nitrogen and oxygen atoms in total. The predicted molar refractivity (Wildman–Crippen MR) is 90.2 cm³/mol. The van der Waals surface area contributed by atoms with Crippen LogP contribution in [0.1, 0.15) is 35.8 Å². The summed E-state index contributed by atoms with van der Waals surface area (Å²) in [5, 5.41) is 8.57. The van der Waals surface area contributed by atoms with Crippen molar-refractivity contribution in [1.82, 2.24) is 5.32 Å². The summed E-state index contributed by atoms with van der Waals surface area (Å²) < 4.78 is 0. The molecule has 0 bridgehead atoms. The Morgan fingerprint density at radius 2 is 2.09 bits per heavy atom. The van der Waals surface area contributed by atoms with Gasteiger partial charge < -0.3 is 10.2 Å². The summed E-state index contributed by atoms with van der Waals surface area (Å²) >= 11 is 1.61. The second kappa shape index (κ2) is 8.34. The molecule has 0 unspecified atom stereocenters. The summed E-state index contributed by atoms with van der Waals surface area (Å²) in [5.41, 5.74) is 2.23. The molecule has 0 fully saturated rings. The Labute approximate surface area is 134 Å². The molecule has 0 spiro atoms. The molecular weight excluding hydrogens is 296 g/mol. The summed E-state index contributed by atoms with van der Waals surface area (Å²) in [6, 6.07) is 12.0. The standard InChI is InChI=1S/C17H20N2O2S/c1-13(2)15-7-5-14(6-8-15)10-19-21-12-17(20)18-11-16-4-3-9-22-16/h3-10,13H,11-12H2,1-2H3,(H,18,20)/b19-10-. The SMILES string of the molecule is CC(C)c1ccc(/C=N\OCC(=O)NCc2cccs2)cc1. The molecule has 0 atom stereocenters. The van der Waals surface area contributed by atoms with Crippen molar-refractivity contribution >= 4 is 23.5 Å². The van der Waals surface area contributed by atoms with Gasteiger partial charge in [0.2, 0.25) is 0 Å². The van der Waals surface area contributed by atoms with Crippen molar-refractivity contribution in [3.8, 4) is 0 Å². The van der Waals surface area contributed by atoms with Crippen molar-refractivity contribution < 1.29 is 9.63 Å². The van der Waals surface area contributed by atoms with Gasteiger partial charge in [0, 0.05) is 4.88 Å². The van der Waals surface area contributed by atoms with Gasteiger partial charge in [0.25, 0.3) is 5.91 Å². The first-order chi connectivity index (χ1) is 10.6. The highest BCUT2D eigenvalue weighted by molar-refractivity contribution is 7.09. The lowest BCUT2D eigenvalue weighted by Crippen LogP contribution is -2.26. The topological polar surface area (TPSA) is 50.7 Å². The molecular formula is C17H20N2O2S. The van der Waals surface area contributed by atoms with Crippen molar-refractivity contribution in [3.63, 3.8) is 0 Å². The molecule has 0 saturated heterocycles. The van der Waals surface area contributed by atoms with Crippen LogP contribution in [-0.2, 0) is 16.2 Å². The fourth-order valence-corrected chi connectivity index (χ4v) is 2.46. The summed E-state index contributed by atoms with van der Waals surface area (Å²) in [5.74, 6) is 0.329. The van der Waals surface area contributed by atoms with Crippen LogP contribution in [0.25, 0.3) is 0 Å². The van der Waals surface area contributed by atoms with Gasteiger partial charge in [0.15, 0.2) is 6.61 Å². The summed E-state index contributed by atoms with van der Waals surface area (Å²) in [6.07, 6.45) is 1.61. The number of nitrogens with zero attached hydrogens (tertiary/aromatic N) is 1. The highest BCUT2D eigenvalue weighted by Crippen LogP contribution is 2.13. The van der Waals surface area contributed by atoms with Gasteiger partial charge in [-0.05, 0) is 28.5 Å². The summed E-state index contributed by atoms with van der Waals surface area (Å²) in [6.45, 7) is 4.76. The van der Waals surface area contributed by atoms with E-state index in [0.717, 1.165) is 10.4 Å². The lowest BCUT2D eigenvalue weighted by molar-refractivity contribution is -0.125. The third-order valence-electron chi connectivity index (χ3n) is 3.11. The normalized spacial score (nSPS) is 11.0. The molecule has 1 amide bonds. The van der Waals surface area contributed by atoms with Gasteiger partial charge in [0.05, 0.1) is 12.8 Å². The van der Waals surface area contributed by atoms with Gasteiger partial charge in [-0.1, -0.05) is 49.3 Å². The molecule has 1 aromatic heterocycles. The number of carbonyl (C=O) groups is 1. The molecule has 0 saturated carbocycles. The first kappa shape index (κ1) is 16.2.